The van der Waals surface area contributed by atoms with Crippen LogP contribution in [-0.2, 0) is 11.2 Å². The lowest BCUT2D eigenvalue weighted by Crippen LogP contribution is -2.24. The van der Waals surface area contributed by atoms with E-state index in [1.165, 1.54) is 23.7 Å². The number of thioether (sulfide) groups is 1. The predicted molar refractivity (Wildman–Crippen MR) is 88.7 cm³/mol. The van der Waals surface area contributed by atoms with Gasteiger partial charge < -0.3 is 5.32 Å². The number of aliphatic imine (C=N–C) groups is 1. The van der Waals surface area contributed by atoms with Gasteiger partial charge in [0, 0.05) is 0 Å². The number of para-hydroxylation sites is 1. The summed E-state index contributed by atoms with van der Waals surface area (Å²) in [4.78, 5) is 16.1. The van der Waals surface area contributed by atoms with Crippen molar-refractivity contribution in [3.05, 3.63) is 29.8 Å². The predicted octanol–water partition coefficient (Wildman–Crippen LogP) is 4.29. The third-order valence-electron chi connectivity index (χ3n) is 2.74. The lowest BCUT2D eigenvalue weighted by Gasteiger charge is -2.03. The van der Waals surface area contributed by atoms with E-state index in [9.17, 15) is 4.79 Å². The van der Waals surface area contributed by atoms with E-state index in [2.05, 4.69) is 37.1 Å². The van der Waals surface area contributed by atoms with Crippen molar-refractivity contribution in [3.63, 3.8) is 0 Å². The Labute approximate surface area is 126 Å². The fourth-order valence-electron chi connectivity index (χ4n) is 1.75. The second-order valence-corrected chi connectivity index (χ2v) is 5.80. The highest BCUT2D eigenvalue weighted by atomic mass is 32.2. The van der Waals surface area contributed by atoms with Gasteiger partial charge in [-0.2, -0.15) is 0 Å². The minimum Gasteiger partial charge on any atom is -0.304 e. The van der Waals surface area contributed by atoms with Crippen molar-refractivity contribution >= 4 is 28.5 Å². The lowest BCUT2D eigenvalue weighted by molar-refractivity contribution is -0.118. The van der Waals surface area contributed by atoms with Crippen molar-refractivity contribution in [2.45, 2.75) is 52.2 Å². The van der Waals surface area contributed by atoms with E-state index < -0.39 is 0 Å². The summed E-state index contributed by atoms with van der Waals surface area (Å²) in [6.45, 7) is 8.37. The molecule has 1 saturated heterocycles. The van der Waals surface area contributed by atoms with Crippen LogP contribution >= 0.6 is 11.8 Å². The molecule has 0 radical (unpaired) electrons. The molecule has 4 heteroatoms. The first-order valence-corrected chi connectivity index (χ1v) is 8.18. The Morgan fingerprint density at radius 2 is 1.85 bits per heavy atom. The van der Waals surface area contributed by atoms with E-state index in [0.717, 1.165) is 23.7 Å². The zero-order valence-electron chi connectivity index (χ0n) is 12.8. The maximum absolute atomic E-state index is 11.5. The Morgan fingerprint density at radius 1 is 1.20 bits per heavy atom. The van der Waals surface area contributed by atoms with Crippen LogP contribution in [0.3, 0.4) is 0 Å². The standard InChI is InChI=1S/C13H16N2OS.C3H8/c1-3-9-7-5-6-8-10(9)14-13-15-12(16)11(4-2)17-13;1-3-2/h5-8,11H,3-4H2,1-2H3,(H,14,15,16);3H2,1-2H3. The Kier molecular flexibility index (Phi) is 7.37. The minimum atomic E-state index is 0.0162. The van der Waals surface area contributed by atoms with E-state index >= 15 is 0 Å². The SMILES string of the molecule is CCC.CCc1ccccc1N=C1NC(=O)C(CC)S1. The van der Waals surface area contributed by atoms with E-state index in [1.807, 2.05) is 25.1 Å². The number of rotatable bonds is 3. The van der Waals surface area contributed by atoms with Crippen LogP contribution in [0.15, 0.2) is 29.3 Å². The lowest BCUT2D eigenvalue weighted by atomic mass is 10.1. The molecule has 1 heterocycles. The molecule has 110 valence electrons. The van der Waals surface area contributed by atoms with Gasteiger partial charge in [0.05, 0.1) is 10.9 Å². The Balaban J connectivity index is 0.000000612. The summed E-state index contributed by atoms with van der Waals surface area (Å²) in [5, 5.41) is 3.57. The molecular weight excluding hydrogens is 268 g/mol. The molecule has 1 aromatic carbocycles. The van der Waals surface area contributed by atoms with E-state index in [-0.39, 0.29) is 11.2 Å². The number of nitrogens with zero attached hydrogens (tertiary/aromatic N) is 1. The molecule has 1 N–H and O–H groups in total. The summed E-state index contributed by atoms with van der Waals surface area (Å²) >= 11 is 1.52. The molecule has 1 atom stereocenters. The number of nitrogens with one attached hydrogen (secondary N) is 1. The van der Waals surface area contributed by atoms with Crippen molar-refractivity contribution in [1.82, 2.24) is 5.32 Å². The van der Waals surface area contributed by atoms with Crippen molar-refractivity contribution in [3.8, 4) is 0 Å². The molecule has 1 fully saturated rings. The average molecular weight is 292 g/mol. The number of hydrogen-bond acceptors (Lipinski definition) is 3. The molecule has 0 bridgehead atoms. The van der Waals surface area contributed by atoms with Gasteiger partial charge in [-0.25, -0.2) is 4.99 Å². The summed E-state index contributed by atoms with van der Waals surface area (Å²) in [6.07, 6.45) is 3.04. The van der Waals surface area contributed by atoms with Crippen molar-refractivity contribution in [2.24, 2.45) is 4.99 Å². The number of amides is 1. The van der Waals surface area contributed by atoms with Crippen LogP contribution < -0.4 is 5.32 Å². The molecule has 1 aromatic rings. The first-order chi connectivity index (χ1) is 9.65. The van der Waals surface area contributed by atoms with E-state index in [1.54, 1.807) is 0 Å². The quantitative estimate of drug-likeness (QED) is 0.902. The highest BCUT2D eigenvalue weighted by Gasteiger charge is 2.28. The number of carbonyl (C=O) groups is 1. The molecule has 0 saturated carbocycles. The third-order valence-corrected chi connectivity index (χ3v) is 3.99. The van der Waals surface area contributed by atoms with Crippen LogP contribution in [0.2, 0.25) is 0 Å². The number of aryl methyl sites for hydroxylation is 1. The van der Waals surface area contributed by atoms with Gasteiger partial charge in [0.25, 0.3) is 0 Å². The first-order valence-electron chi connectivity index (χ1n) is 7.30. The van der Waals surface area contributed by atoms with Gasteiger partial charge in [0.2, 0.25) is 5.91 Å². The van der Waals surface area contributed by atoms with Gasteiger partial charge in [-0.05, 0) is 24.5 Å². The average Bonchev–Trinajstić information content (AvgIpc) is 2.80. The maximum atomic E-state index is 11.5. The molecule has 3 nitrogen and oxygen atoms in total. The molecular formula is C16H24N2OS. The van der Waals surface area contributed by atoms with Gasteiger partial charge in [-0.3, -0.25) is 4.79 Å². The molecule has 20 heavy (non-hydrogen) atoms. The van der Waals surface area contributed by atoms with Crippen molar-refractivity contribution < 1.29 is 4.79 Å². The van der Waals surface area contributed by atoms with Gasteiger partial charge in [-0.1, -0.05) is 64.1 Å². The largest absolute Gasteiger partial charge is 0.304 e. The summed E-state index contributed by atoms with van der Waals surface area (Å²) in [5.41, 5.74) is 2.16. The fraction of sp³-hybridized carbons (Fsp3) is 0.500. The summed E-state index contributed by atoms with van der Waals surface area (Å²) in [6, 6.07) is 8.03. The smallest absolute Gasteiger partial charge is 0.239 e. The Hall–Kier alpha value is -1.29. The van der Waals surface area contributed by atoms with Crippen LogP contribution in [0.5, 0.6) is 0 Å². The summed E-state index contributed by atoms with van der Waals surface area (Å²) < 4.78 is 0. The zero-order chi connectivity index (χ0) is 15.0. The number of amidine groups is 1. The monoisotopic (exact) mass is 292 g/mol. The number of hydrogen-bond donors (Lipinski definition) is 1. The fourth-order valence-corrected chi connectivity index (χ4v) is 2.67. The van der Waals surface area contributed by atoms with Gasteiger partial charge >= 0.3 is 0 Å². The van der Waals surface area contributed by atoms with Crippen molar-refractivity contribution in [1.29, 1.82) is 0 Å². The highest BCUT2D eigenvalue weighted by Crippen LogP contribution is 2.26. The minimum absolute atomic E-state index is 0.0162. The van der Waals surface area contributed by atoms with Gasteiger partial charge in [0.1, 0.15) is 0 Å². The molecule has 0 spiro atoms. The third kappa shape index (κ3) is 4.67. The second kappa shape index (κ2) is 8.80. The Morgan fingerprint density at radius 3 is 2.40 bits per heavy atom. The molecule has 1 aliphatic heterocycles. The van der Waals surface area contributed by atoms with Crippen LogP contribution in [0.1, 0.15) is 46.1 Å². The molecule has 0 aliphatic carbocycles. The Bertz CT molecular complexity index is 471. The molecule has 1 unspecified atom stereocenters. The molecule has 1 amide bonds. The summed E-state index contributed by atoms with van der Waals surface area (Å²) in [7, 11) is 0. The second-order valence-electron chi connectivity index (χ2n) is 4.61. The van der Waals surface area contributed by atoms with Crippen LogP contribution in [0.4, 0.5) is 5.69 Å². The topological polar surface area (TPSA) is 41.5 Å². The van der Waals surface area contributed by atoms with Crippen LogP contribution in [0.25, 0.3) is 0 Å². The molecule has 0 aromatic heterocycles. The van der Waals surface area contributed by atoms with Crippen molar-refractivity contribution in [2.75, 3.05) is 0 Å². The van der Waals surface area contributed by atoms with Gasteiger partial charge in [-0.15, -0.1) is 0 Å². The van der Waals surface area contributed by atoms with E-state index in [4.69, 9.17) is 0 Å². The number of benzene rings is 1. The molecule has 2 rings (SSSR count). The maximum Gasteiger partial charge on any atom is 0.239 e. The number of carbonyl (C=O) groups excluding carboxylic acids is 1. The zero-order valence-corrected chi connectivity index (χ0v) is 13.6. The first kappa shape index (κ1) is 16.8. The van der Waals surface area contributed by atoms with Crippen LogP contribution in [0, 0.1) is 0 Å². The molecule has 1 aliphatic rings. The highest BCUT2D eigenvalue weighted by molar-refractivity contribution is 8.15. The van der Waals surface area contributed by atoms with Gasteiger partial charge in [0.15, 0.2) is 5.17 Å². The van der Waals surface area contributed by atoms with E-state index in [0.29, 0.717) is 0 Å². The van der Waals surface area contributed by atoms with Crippen LogP contribution in [-0.4, -0.2) is 16.3 Å². The summed E-state index contributed by atoms with van der Waals surface area (Å²) in [5.74, 6) is 0.0743. The normalized spacial score (nSPS) is 19.5.